The third kappa shape index (κ3) is 3.32. The van der Waals surface area contributed by atoms with Crippen LogP contribution in [0.1, 0.15) is 12.8 Å². The molecule has 2 heterocycles. The van der Waals surface area contributed by atoms with Crippen molar-refractivity contribution >= 4 is 5.91 Å². The first kappa shape index (κ1) is 12.6. The first-order valence-electron chi connectivity index (χ1n) is 5.65. The van der Waals surface area contributed by atoms with Crippen molar-refractivity contribution in [1.82, 2.24) is 10.2 Å². The number of carbonyl (C=O) groups is 1. The second kappa shape index (κ2) is 4.81. The van der Waals surface area contributed by atoms with Crippen molar-refractivity contribution in [2.24, 2.45) is 0 Å². The van der Waals surface area contributed by atoms with Crippen LogP contribution in [0.3, 0.4) is 0 Å². The van der Waals surface area contributed by atoms with Gasteiger partial charge in [-0.1, -0.05) is 0 Å². The summed E-state index contributed by atoms with van der Waals surface area (Å²) in [5, 5.41) is 2.75. The molecule has 4 nitrogen and oxygen atoms in total. The molecule has 0 spiro atoms. The van der Waals surface area contributed by atoms with Gasteiger partial charge in [0.1, 0.15) is 0 Å². The Balaban J connectivity index is 1.83. The third-order valence-corrected chi connectivity index (χ3v) is 3.08. The Hall–Kier alpha value is -0.820. The summed E-state index contributed by atoms with van der Waals surface area (Å²) in [7, 11) is 0. The third-order valence-electron chi connectivity index (χ3n) is 3.08. The Bertz CT molecular complexity index is 296. The summed E-state index contributed by atoms with van der Waals surface area (Å²) in [5.41, 5.74) is 0. The summed E-state index contributed by atoms with van der Waals surface area (Å²) in [5.74, 6) is -0.0179. The molecule has 0 aromatic heterocycles. The lowest BCUT2D eigenvalue weighted by molar-refractivity contribution is -0.237. The van der Waals surface area contributed by atoms with E-state index in [9.17, 15) is 18.0 Å². The molecule has 0 radical (unpaired) electrons. The minimum atomic E-state index is -4.31. The summed E-state index contributed by atoms with van der Waals surface area (Å²) in [6.07, 6.45) is -4.84. The van der Waals surface area contributed by atoms with Gasteiger partial charge < -0.3 is 10.1 Å². The summed E-state index contributed by atoms with van der Waals surface area (Å²) in [6.45, 7) is 0.904. The highest BCUT2D eigenvalue weighted by Gasteiger charge is 2.43. The van der Waals surface area contributed by atoms with Gasteiger partial charge in [-0.2, -0.15) is 13.2 Å². The fraction of sp³-hybridized carbons (Fsp3) is 0.900. The molecular formula is C10H15F3N2O2. The van der Waals surface area contributed by atoms with Crippen molar-refractivity contribution in [3.05, 3.63) is 0 Å². The van der Waals surface area contributed by atoms with Crippen LogP contribution in [0.2, 0.25) is 0 Å². The maximum Gasteiger partial charge on any atom is 0.415 e. The maximum absolute atomic E-state index is 12.5. The van der Waals surface area contributed by atoms with E-state index < -0.39 is 12.3 Å². The molecule has 0 aromatic carbocycles. The van der Waals surface area contributed by atoms with Crippen molar-refractivity contribution in [3.63, 3.8) is 0 Å². The van der Waals surface area contributed by atoms with E-state index in [-0.39, 0.29) is 25.1 Å². The minimum Gasteiger partial charge on any atom is -0.366 e. The number of carbonyl (C=O) groups excluding carboxylic acids is 1. The number of nitrogens with zero attached hydrogens (tertiary/aromatic N) is 1. The van der Waals surface area contributed by atoms with Gasteiger partial charge in [0.15, 0.2) is 6.10 Å². The molecule has 2 rings (SSSR count). The summed E-state index contributed by atoms with van der Waals surface area (Å²) >= 11 is 0. The Morgan fingerprint density at radius 1 is 1.47 bits per heavy atom. The highest BCUT2D eigenvalue weighted by molar-refractivity contribution is 5.78. The van der Waals surface area contributed by atoms with Crippen LogP contribution in [0.15, 0.2) is 0 Å². The molecule has 0 saturated carbocycles. The van der Waals surface area contributed by atoms with Crippen LogP contribution in [0.4, 0.5) is 13.2 Å². The van der Waals surface area contributed by atoms with Crippen LogP contribution >= 0.6 is 0 Å². The fourth-order valence-electron chi connectivity index (χ4n) is 2.19. The van der Waals surface area contributed by atoms with Gasteiger partial charge in [0.2, 0.25) is 5.91 Å². The molecule has 2 saturated heterocycles. The minimum absolute atomic E-state index is 0.0179. The van der Waals surface area contributed by atoms with Gasteiger partial charge in [0.25, 0.3) is 0 Å². The monoisotopic (exact) mass is 252 g/mol. The first-order chi connectivity index (χ1) is 7.95. The number of rotatable bonds is 2. The van der Waals surface area contributed by atoms with E-state index in [0.29, 0.717) is 25.9 Å². The number of ether oxygens (including phenoxy) is 1. The van der Waals surface area contributed by atoms with Crippen LogP contribution < -0.4 is 5.32 Å². The van der Waals surface area contributed by atoms with Gasteiger partial charge in [-0.25, -0.2) is 0 Å². The van der Waals surface area contributed by atoms with Gasteiger partial charge >= 0.3 is 6.18 Å². The molecule has 1 N–H and O–H groups in total. The van der Waals surface area contributed by atoms with Gasteiger partial charge in [-0.05, 0) is 6.42 Å². The lowest BCUT2D eigenvalue weighted by Gasteiger charge is -2.34. The molecule has 0 bridgehead atoms. The highest BCUT2D eigenvalue weighted by Crippen LogP contribution is 2.26. The normalized spacial score (nSPS) is 31.6. The van der Waals surface area contributed by atoms with Crippen molar-refractivity contribution in [2.75, 3.05) is 26.2 Å². The van der Waals surface area contributed by atoms with Crippen LogP contribution in [-0.2, 0) is 9.53 Å². The SMILES string of the molecule is O=C1CC[C@@H](CN2CCOC(C(F)(F)F)C2)N1. The van der Waals surface area contributed by atoms with E-state index in [4.69, 9.17) is 4.74 Å². The van der Waals surface area contributed by atoms with E-state index in [1.807, 2.05) is 0 Å². The molecule has 0 aliphatic carbocycles. The summed E-state index contributed by atoms with van der Waals surface area (Å²) in [6, 6.07) is -0.0190. The Morgan fingerprint density at radius 3 is 2.82 bits per heavy atom. The molecule has 98 valence electrons. The number of amides is 1. The van der Waals surface area contributed by atoms with Gasteiger partial charge in [-0.3, -0.25) is 9.69 Å². The molecule has 7 heteroatoms. The van der Waals surface area contributed by atoms with E-state index in [2.05, 4.69) is 5.32 Å². The molecular weight excluding hydrogens is 237 g/mol. The Kier molecular flexibility index (Phi) is 3.58. The number of nitrogens with one attached hydrogen (secondary N) is 1. The molecule has 2 atom stereocenters. The van der Waals surface area contributed by atoms with Crippen molar-refractivity contribution in [1.29, 1.82) is 0 Å². The summed E-state index contributed by atoms with van der Waals surface area (Å²) < 4.78 is 42.1. The van der Waals surface area contributed by atoms with E-state index in [0.717, 1.165) is 0 Å². The standard InChI is InChI=1S/C10H15F3N2O2/c11-10(12,13)8-6-15(3-4-17-8)5-7-1-2-9(16)14-7/h7-8H,1-6H2,(H,14,16)/t7-,8?/m0/s1. The summed E-state index contributed by atoms with van der Waals surface area (Å²) in [4.78, 5) is 12.7. The average molecular weight is 252 g/mol. The zero-order valence-electron chi connectivity index (χ0n) is 9.29. The highest BCUT2D eigenvalue weighted by atomic mass is 19.4. The quantitative estimate of drug-likeness (QED) is 0.779. The average Bonchev–Trinajstić information content (AvgIpc) is 2.63. The number of halogens is 3. The smallest absolute Gasteiger partial charge is 0.366 e. The Labute approximate surface area is 97.1 Å². The Morgan fingerprint density at radius 2 is 2.24 bits per heavy atom. The molecule has 1 unspecified atom stereocenters. The second-order valence-electron chi connectivity index (χ2n) is 4.46. The molecule has 17 heavy (non-hydrogen) atoms. The second-order valence-corrected chi connectivity index (χ2v) is 4.46. The van der Waals surface area contributed by atoms with Crippen LogP contribution in [-0.4, -0.2) is 55.4 Å². The van der Waals surface area contributed by atoms with Crippen molar-refractivity contribution in [2.45, 2.75) is 31.2 Å². The zero-order chi connectivity index (χ0) is 12.5. The number of hydrogen-bond acceptors (Lipinski definition) is 3. The molecule has 2 fully saturated rings. The molecule has 2 aliphatic heterocycles. The van der Waals surface area contributed by atoms with Gasteiger partial charge in [0, 0.05) is 32.1 Å². The zero-order valence-corrected chi connectivity index (χ0v) is 9.29. The van der Waals surface area contributed by atoms with Crippen molar-refractivity contribution in [3.8, 4) is 0 Å². The lowest BCUT2D eigenvalue weighted by Crippen LogP contribution is -2.52. The van der Waals surface area contributed by atoms with E-state index in [1.54, 1.807) is 4.90 Å². The molecule has 1 amide bonds. The number of hydrogen-bond donors (Lipinski definition) is 1. The fourth-order valence-corrected chi connectivity index (χ4v) is 2.19. The lowest BCUT2D eigenvalue weighted by atomic mass is 10.2. The van der Waals surface area contributed by atoms with Crippen molar-refractivity contribution < 1.29 is 22.7 Å². The maximum atomic E-state index is 12.5. The van der Waals surface area contributed by atoms with Gasteiger partial charge in [-0.15, -0.1) is 0 Å². The largest absolute Gasteiger partial charge is 0.415 e. The number of morpholine rings is 1. The predicted octanol–water partition coefficient (Wildman–Crippen LogP) is 0.528. The number of alkyl halides is 3. The topological polar surface area (TPSA) is 41.6 Å². The molecule has 0 aromatic rings. The van der Waals surface area contributed by atoms with Gasteiger partial charge in [0.05, 0.1) is 6.61 Å². The van der Waals surface area contributed by atoms with Crippen LogP contribution in [0, 0.1) is 0 Å². The molecule has 2 aliphatic rings. The predicted molar refractivity (Wildman–Crippen MR) is 53.4 cm³/mol. The van der Waals surface area contributed by atoms with E-state index >= 15 is 0 Å². The van der Waals surface area contributed by atoms with E-state index in [1.165, 1.54) is 0 Å². The van der Waals surface area contributed by atoms with Crippen LogP contribution in [0.5, 0.6) is 0 Å². The first-order valence-corrected chi connectivity index (χ1v) is 5.65. The van der Waals surface area contributed by atoms with Crippen LogP contribution in [0.25, 0.3) is 0 Å².